The summed E-state index contributed by atoms with van der Waals surface area (Å²) in [5, 5.41) is 7.49. The summed E-state index contributed by atoms with van der Waals surface area (Å²) < 4.78 is 7.79. The first-order valence-corrected chi connectivity index (χ1v) is 9.15. The maximum absolute atomic E-state index is 12.4. The Kier molecular flexibility index (Phi) is 4.61. The number of amides is 1. The van der Waals surface area contributed by atoms with Gasteiger partial charge in [-0.05, 0) is 31.4 Å². The van der Waals surface area contributed by atoms with Crippen LogP contribution in [-0.4, -0.2) is 15.7 Å². The SMILES string of the molecule is Cn1ncc2c1CCCC2NC(=O)CCc1ccc(-c2ccccc2)o1. The quantitative estimate of drug-likeness (QED) is 0.762. The van der Waals surface area contributed by atoms with E-state index in [0.717, 1.165) is 41.9 Å². The van der Waals surface area contributed by atoms with Gasteiger partial charge in [0.2, 0.25) is 5.91 Å². The van der Waals surface area contributed by atoms with E-state index in [1.165, 1.54) is 5.69 Å². The molecule has 0 saturated carbocycles. The lowest BCUT2D eigenvalue weighted by atomic mass is 9.93. The Morgan fingerprint density at radius 1 is 1.27 bits per heavy atom. The van der Waals surface area contributed by atoms with Crippen LogP contribution < -0.4 is 5.32 Å². The lowest BCUT2D eigenvalue weighted by molar-refractivity contribution is -0.122. The predicted molar refractivity (Wildman–Crippen MR) is 99.5 cm³/mol. The van der Waals surface area contributed by atoms with Gasteiger partial charge in [0.1, 0.15) is 11.5 Å². The maximum Gasteiger partial charge on any atom is 0.220 e. The molecule has 134 valence electrons. The molecule has 5 nitrogen and oxygen atoms in total. The van der Waals surface area contributed by atoms with Crippen molar-refractivity contribution >= 4 is 5.91 Å². The standard InChI is InChI=1S/C21H23N3O2/c1-24-19-9-5-8-18(17(19)14-22-24)23-21(25)13-11-16-10-12-20(26-16)15-6-3-2-4-7-15/h2-4,6-7,10,12,14,18H,5,8-9,11,13H2,1H3,(H,23,25). The number of rotatable bonds is 5. The number of furan rings is 1. The molecule has 1 aliphatic carbocycles. The Hall–Kier alpha value is -2.82. The second-order valence-corrected chi connectivity index (χ2v) is 6.81. The number of nitrogens with zero attached hydrogens (tertiary/aromatic N) is 2. The van der Waals surface area contributed by atoms with Crippen LogP contribution in [0.5, 0.6) is 0 Å². The number of aromatic nitrogens is 2. The van der Waals surface area contributed by atoms with E-state index in [-0.39, 0.29) is 11.9 Å². The smallest absolute Gasteiger partial charge is 0.220 e. The fraction of sp³-hybridized carbons (Fsp3) is 0.333. The summed E-state index contributed by atoms with van der Waals surface area (Å²) in [6.45, 7) is 0. The molecule has 2 heterocycles. The van der Waals surface area contributed by atoms with Crippen molar-refractivity contribution < 1.29 is 9.21 Å². The molecule has 0 bridgehead atoms. The Labute approximate surface area is 153 Å². The molecular formula is C21H23N3O2. The van der Waals surface area contributed by atoms with E-state index in [4.69, 9.17) is 4.42 Å². The van der Waals surface area contributed by atoms with E-state index in [2.05, 4.69) is 10.4 Å². The maximum atomic E-state index is 12.4. The van der Waals surface area contributed by atoms with Gasteiger partial charge in [0.05, 0.1) is 12.2 Å². The first-order valence-electron chi connectivity index (χ1n) is 9.15. The average molecular weight is 349 g/mol. The number of benzene rings is 1. The second-order valence-electron chi connectivity index (χ2n) is 6.81. The third-order valence-corrected chi connectivity index (χ3v) is 5.03. The largest absolute Gasteiger partial charge is 0.461 e. The van der Waals surface area contributed by atoms with E-state index in [1.54, 1.807) is 0 Å². The number of hydrogen-bond acceptors (Lipinski definition) is 3. The fourth-order valence-electron chi connectivity index (χ4n) is 3.63. The molecule has 0 fully saturated rings. The number of hydrogen-bond donors (Lipinski definition) is 1. The second kappa shape index (κ2) is 7.20. The molecular weight excluding hydrogens is 326 g/mol. The zero-order valence-corrected chi connectivity index (χ0v) is 14.9. The van der Waals surface area contributed by atoms with Gasteiger partial charge in [-0.25, -0.2) is 0 Å². The van der Waals surface area contributed by atoms with Crippen LogP contribution in [0.25, 0.3) is 11.3 Å². The molecule has 4 rings (SSSR count). The monoisotopic (exact) mass is 349 g/mol. The van der Waals surface area contributed by atoms with Crippen molar-refractivity contribution in [2.75, 3.05) is 0 Å². The summed E-state index contributed by atoms with van der Waals surface area (Å²) in [5.41, 5.74) is 3.45. The molecule has 0 saturated heterocycles. The number of carbonyl (C=O) groups excluding carboxylic acids is 1. The van der Waals surface area contributed by atoms with Crippen molar-refractivity contribution in [3.8, 4) is 11.3 Å². The number of fused-ring (bicyclic) bond motifs is 1. The van der Waals surface area contributed by atoms with Crippen LogP contribution in [-0.2, 0) is 24.7 Å². The molecule has 0 aliphatic heterocycles. The number of carbonyl (C=O) groups is 1. The summed E-state index contributed by atoms with van der Waals surface area (Å²) in [5.74, 6) is 1.74. The highest BCUT2D eigenvalue weighted by Crippen LogP contribution is 2.29. The highest BCUT2D eigenvalue weighted by Gasteiger charge is 2.24. The fourth-order valence-corrected chi connectivity index (χ4v) is 3.63. The van der Waals surface area contributed by atoms with Crippen LogP contribution in [0.2, 0.25) is 0 Å². The number of aryl methyl sites for hydroxylation is 2. The van der Waals surface area contributed by atoms with Gasteiger partial charge in [-0.3, -0.25) is 9.48 Å². The molecule has 1 atom stereocenters. The van der Waals surface area contributed by atoms with Crippen LogP contribution in [0.4, 0.5) is 0 Å². The molecule has 0 radical (unpaired) electrons. The normalized spacial score (nSPS) is 16.3. The van der Waals surface area contributed by atoms with Crippen LogP contribution in [0.3, 0.4) is 0 Å². The highest BCUT2D eigenvalue weighted by atomic mass is 16.3. The Morgan fingerprint density at radius 2 is 2.12 bits per heavy atom. The molecule has 2 aromatic heterocycles. The summed E-state index contributed by atoms with van der Waals surface area (Å²) >= 11 is 0. The van der Waals surface area contributed by atoms with E-state index in [0.29, 0.717) is 12.8 Å². The highest BCUT2D eigenvalue weighted by molar-refractivity contribution is 5.76. The van der Waals surface area contributed by atoms with Crippen LogP contribution >= 0.6 is 0 Å². The third-order valence-electron chi connectivity index (χ3n) is 5.03. The van der Waals surface area contributed by atoms with E-state index in [9.17, 15) is 4.79 Å². The van der Waals surface area contributed by atoms with Gasteiger partial charge >= 0.3 is 0 Å². The summed E-state index contributed by atoms with van der Waals surface area (Å²) in [4.78, 5) is 12.4. The zero-order chi connectivity index (χ0) is 17.9. The molecule has 1 amide bonds. The van der Waals surface area contributed by atoms with Crippen LogP contribution in [0, 0.1) is 0 Å². The van der Waals surface area contributed by atoms with Crippen LogP contribution in [0.1, 0.15) is 42.3 Å². The third kappa shape index (κ3) is 3.43. The first kappa shape index (κ1) is 16.6. The lowest BCUT2D eigenvalue weighted by Gasteiger charge is -2.23. The van der Waals surface area contributed by atoms with Gasteiger partial charge in [-0.2, -0.15) is 5.10 Å². The summed E-state index contributed by atoms with van der Waals surface area (Å²) in [6.07, 6.45) is 6.00. The molecule has 1 aromatic carbocycles. The zero-order valence-electron chi connectivity index (χ0n) is 14.9. The molecule has 1 N–H and O–H groups in total. The minimum Gasteiger partial charge on any atom is -0.461 e. The topological polar surface area (TPSA) is 60.1 Å². The van der Waals surface area contributed by atoms with Crippen molar-refractivity contribution in [1.29, 1.82) is 0 Å². The van der Waals surface area contributed by atoms with Crippen molar-refractivity contribution in [3.63, 3.8) is 0 Å². The average Bonchev–Trinajstić information content (AvgIpc) is 3.29. The Bertz CT molecular complexity index is 895. The van der Waals surface area contributed by atoms with Gasteiger partial charge in [0.15, 0.2) is 0 Å². The molecule has 1 unspecified atom stereocenters. The van der Waals surface area contributed by atoms with Crippen molar-refractivity contribution in [2.24, 2.45) is 7.05 Å². The van der Waals surface area contributed by atoms with E-state index in [1.807, 2.05) is 60.4 Å². The predicted octanol–water partition coefficient (Wildman–Crippen LogP) is 3.81. The van der Waals surface area contributed by atoms with E-state index < -0.39 is 0 Å². The van der Waals surface area contributed by atoms with Gasteiger partial charge in [-0.1, -0.05) is 30.3 Å². The lowest BCUT2D eigenvalue weighted by Crippen LogP contribution is -2.31. The number of nitrogens with one attached hydrogen (secondary N) is 1. The summed E-state index contributed by atoms with van der Waals surface area (Å²) in [7, 11) is 1.96. The molecule has 5 heteroatoms. The first-order chi connectivity index (χ1) is 12.7. The van der Waals surface area contributed by atoms with Gasteiger partial charge in [-0.15, -0.1) is 0 Å². The van der Waals surface area contributed by atoms with E-state index >= 15 is 0 Å². The Balaban J connectivity index is 1.34. The van der Waals surface area contributed by atoms with Gasteiger partial charge in [0, 0.05) is 36.7 Å². The van der Waals surface area contributed by atoms with Gasteiger partial charge in [0.25, 0.3) is 0 Å². The molecule has 3 aromatic rings. The minimum atomic E-state index is 0.0596. The molecule has 0 spiro atoms. The van der Waals surface area contributed by atoms with Crippen LogP contribution in [0.15, 0.2) is 53.1 Å². The summed E-state index contributed by atoms with van der Waals surface area (Å²) in [6, 6.07) is 14.0. The molecule has 26 heavy (non-hydrogen) atoms. The minimum absolute atomic E-state index is 0.0596. The molecule has 1 aliphatic rings. The van der Waals surface area contributed by atoms with Crippen molar-refractivity contribution in [1.82, 2.24) is 15.1 Å². The van der Waals surface area contributed by atoms with Crippen molar-refractivity contribution in [2.45, 2.75) is 38.1 Å². The van der Waals surface area contributed by atoms with Gasteiger partial charge < -0.3 is 9.73 Å². The van der Waals surface area contributed by atoms with Crippen molar-refractivity contribution in [3.05, 3.63) is 65.7 Å². The Morgan fingerprint density at radius 3 is 2.96 bits per heavy atom.